The first-order chi connectivity index (χ1) is 9.58. The van der Waals surface area contributed by atoms with E-state index < -0.39 is 10.7 Å². The van der Waals surface area contributed by atoms with Gasteiger partial charge < -0.3 is 4.57 Å². The number of hydrogen-bond acceptors (Lipinski definition) is 4. The molecule has 0 unspecified atom stereocenters. The van der Waals surface area contributed by atoms with Gasteiger partial charge >= 0.3 is 0 Å². The molecule has 1 heterocycles. The lowest BCUT2D eigenvalue weighted by atomic mass is 10.1. The summed E-state index contributed by atoms with van der Waals surface area (Å²) >= 11 is 5.78. The minimum Gasteiger partial charge on any atom is -0.310 e. The maximum atomic E-state index is 13.2. The van der Waals surface area contributed by atoms with Gasteiger partial charge in [-0.2, -0.15) is 0 Å². The zero-order valence-electron chi connectivity index (χ0n) is 10.7. The molecule has 2 aromatic rings. The third-order valence-corrected chi connectivity index (χ3v) is 3.03. The molecule has 0 bridgehead atoms. The standard InChI is InChI=1S/C12H12ClFN4O2/c1-2-5-17-11(7-13)15-16-12(17)9-4-3-8(14)6-10(9)18(19)20/h3-4,6H,2,5,7H2,1H3. The average Bonchev–Trinajstić information content (AvgIpc) is 2.82. The summed E-state index contributed by atoms with van der Waals surface area (Å²) in [5.74, 6) is 0.345. The molecular formula is C12H12ClFN4O2. The molecule has 0 aliphatic rings. The zero-order chi connectivity index (χ0) is 14.7. The zero-order valence-corrected chi connectivity index (χ0v) is 11.5. The van der Waals surface area contributed by atoms with Crippen molar-refractivity contribution in [1.29, 1.82) is 0 Å². The molecule has 0 fully saturated rings. The van der Waals surface area contributed by atoms with Crippen LogP contribution in [-0.2, 0) is 12.4 Å². The molecule has 106 valence electrons. The van der Waals surface area contributed by atoms with Crippen LogP contribution in [0.1, 0.15) is 19.2 Å². The Labute approximate surface area is 119 Å². The van der Waals surface area contributed by atoms with Gasteiger partial charge in [-0.3, -0.25) is 10.1 Å². The summed E-state index contributed by atoms with van der Waals surface area (Å²) in [5.41, 5.74) is -0.107. The number of halogens is 2. The molecule has 20 heavy (non-hydrogen) atoms. The van der Waals surface area contributed by atoms with E-state index >= 15 is 0 Å². The number of nitro groups is 1. The Kier molecular flexibility index (Phi) is 4.29. The highest BCUT2D eigenvalue weighted by atomic mass is 35.5. The Morgan fingerprint density at radius 1 is 1.45 bits per heavy atom. The van der Waals surface area contributed by atoms with Crippen molar-refractivity contribution in [2.24, 2.45) is 0 Å². The van der Waals surface area contributed by atoms with Gasteiger partial charge in [-0.15, -0.1) is 21.8 Å². The molecule has 8 heteroatoms. The average molecular weight is 299 g/mol. The monoisotopic (exact) mass is 298 g/mol. The van der Waals surface area contributed by atoms with Gasteiger partial charge in [0.2, 0.25) is 0 Å². The lowest BCUT2D eigenvalue weighted by Gasteiger charge is -2.08. The molecule has 0 saturated heterocycles. The van der Waals surface area contributed by atoms with Crippen molar-refractivity contribution in [3.8, 4) is 11.4 Å². The van der Waals surface area contributed by atoms with E-state index in [0.29, 0.717) is 18.2 Å². The predicted molar refractivity (Wildman–Crippen MR) is 71.9 cm³/mol. The highest BCUT2D eigenvalue weighted by Gasteiger charge is 2.22. The first-order valence-electron chi connectivity index (χ1n) is 6.00. The first kappa shape index (κ1) is 14.4. The van der Waals surface area contributed by atoms with E-state index in [1.165, 1.54) is 6.07 Å². The summed E-state index contributed by atoms with van der Waals surface area (Å²) in [6.45, 7) is 2.54. The molecule has 0 saturated carbocycles. The lowest BCUT2D eigenvalue weighted by Crippen LogP contribution is -2.05. The second kappa shape index (κ2) is 5.96. The topological polar surface area (TPSA) is 73.8 Å². The largest absolute Gasteiger partial charge is 0.310 e. The number of hydrogen-bond donors (Lipinski definition) is 0. The van der Waals surface area contributed by atoms with Gasteiger partial charge in [0.15, 0.2) is 5.82 Å². The van der Waals surface area contributed by atoms with Crippen molar-refractivity contribution < 1.29 is 9.31 Å². The van der Waals surface area contributed by atoms with Crippen LogP contribution < -0.4 is 0 Å². The van der Waals surface area contributed by atoms with Gasteiger partial charge in [-0.05, 0) is 18.6 Å². The van der Waals surface area contributed by atoms with Crippen LogP contribution in [0.2, 0.25) is 0 Å². The van der Waals surface area contributed by atoms with Crippen molar-refractivity contribution in [3.63, 3.8) is 0 Å². The van der Waals surface area contributed by atoms with Crippen molar-refractivity contribution in [3.05, 3.63) is 40.0 Å². The number of benzene rings is 1. The summed E-state index contributed by atoms with van der Waals surface area (Å²) in [6.07, 6.45) is 0.796. The van der Waals surface area contributed by atoms with E-state index in [1.807, 2.05) is 6.92 Å². The van der Waals surface area contributed by atoms with Gasteiger partial charge in [-0.1, -0.05) is 6.92 Å². The number of nitro benzene ring substituents is 1. The number of nitrogens with zero attached hydrogens (tertiary/aromatic N) is 4. The summed E-state index contributed by atoms with van der Waals surface area (Å²) in [5, 5.41) is 18.9. The Morgan fingerprint density at radius 3 is 2.80 bits per heavy atom. The van der Waals surface area contributed by atoms with E-state index in [9.17, 15) is 14.5 Å². The molecule has 2 rings (SSSR count). The normalized spacial score (nSPS) is 10.8. The molecule has 0 amide bonds. The highest BCUT2D eigenvalue weighted by molar-refractivity contribution is 6.16. The summed E-state index contributed by atoms with van der Waals surface area (Å²) < 4.78 is 14.9. The predicted octanol–water partition coefficient (Wildman–Crippen LogP) is 3.14. The molecule has 0 radical (unpaired) electrons. The Hall–Kier alpha value is -2.02. The smallest absolute Gasteiger partial charge is 0.283 e. The number of alkyl halides is 1. The van der Waals surface area contributed by atoms with Gasteiger partial charge in [0.25, 0.3) is 5.69 Å². The van der Waals surface area contributed by atoms with E-state index in [1.54, 1.807) is 4.57 Å². The van der Waals surface area contributed by atoms with Crippen LogP contribution in [-0.4, -0.2) is 19.7 Å². The summed E-state index contributed by atoms with van der Waals surface area (Å²) in [7, 11) is 0. The Bertz CT molecular complexity index is 644. The van der Waals surface area contributed by atoms with Crippen LogP contribution in [0.5, 0.6) is 0 Å². The Morgan fingerprint density at radius 2 is 2.20 bits per heavy atom. The van der Waals surface area contributed by atoms with Crippen molar-refractivity contribution >= 4 is 17.3 Å². The van der Waals surface area contributed by atoms with Gasteiger partial charge in [0.1, 0.15) is 11.6 Å². The maximum Gasteiger partial charge on any atom is 0.283 e. The van der Waals surface area contributed by atoms with Crippen molar-refractivity contribution in [1.82, 2.24) is 14.8 Å². The second-order valence-corrected chi connectivity index (χ2v) is 4.41. The molecular weight excluding hydrogens is 287 g/mol. The number of rotatable bonds is 5. The van der Waals surface area contributed by atoms with Crippen LogP contribution in [0.15, 0.2) is 18.2 Å². The number of aromatic nitrogens is 3. The Balaban J connectivity index is 2.62. The van der Waals surface area contributed by atoms with E-state index in [-0.39, 0.29) is 17.1 Å². The first-order valence-corrected chi connectivity index (χ1v) is 6.54. The molecule has 0 spiro atoms. The molecule has 0 atom stereocenters. The maximum absolute atomic E-state index is 13.2. The molecule has 1 aromatic carbocycles. The molecule has 6 nitrogen and oxygen atoms in total. The van der Waals surface area contributed by atoms with Gasteiger partial charge in [0.05, 0.1) is 22.4 Å². The van der Waals surface area contributed by atoms with Gasteiger partial charge in [-0.25, -0.2) is 4.39 Å². The van der Waals surface area contributed by atoms with Crippen molar-refractivity contribution in [2.45, 2.75) is 25.8 Å². The van der Waals surface area contributed by atoms with E-state index in [2.05, 4.69) is 10.2 Å². The molecule has 0 N–H and O–H groups in total. The fourth-order valence-corrected chi connectivity index (χ4v) is 2.13. The molecule has 1 aromatic heterocycles. The van der Waals surface area contributed by atoms with Crippen LogP contribution in [0.4, 0.5) is 10.1 Å². The molecule has 0 aliphatic heterocycles. The van der Waals surface area contributed by atoms with Gasteiger partial charge in [0, 0.05) is 6.54 Å². The van der Waals surface area contributed by atoms with Crippen LogP contribution in [0.25, 0.3) is 11.4 Å². The van der Waals surface area contributed by atoms with Crippen LogP contribution >= 0.6 is 11.6 Å². The third-order valence-electron chi connectivity index (χ3n) is 2.79. The highest BCUT2D eigenvalue weighted by Crippen LogP contribution is 2.30. The summed E-state index contributed by atoms with van der Waals surface area (Å²) in [4.78, 5) is 10.4. The molecule has 0 aliphatic carbocycles. The van der Waals surface area contributed by atoms with Crippen molar-refractivity contribution in [2.75, 3.05) is 0 Å². The minimum absolute atomic E-state index is 0.155. The van der Waals surface area contributed by atoms with E-state index in [0.717, 1.165) is 18.6 Å². The quantitative estimate of drug-likeness (QED) is 0.483. The van der Waals surface area contributed by atoms with Crippen LogP contribution in [0, 0.1) is 15.9 Å². The second-order valence-electron chi connectivity index (χ2n) is 4.14. The minimum atomic E-state index is -0.667. The van der Waals surface area contributed by atoms with E-state index in [4.69, 9.17) is 11.6 Å². The third kappa shape index (κ3) is 2.62. The van der Waals surface area contributed by atoms with Crippen LogP contribution in [0.3, 0.4) is 0 Å². The summed E-state index contributed by atoms with van der Waals surface area (Å²) in [6, 6.07) is 3.37. The fourth-order valence-electron chi connectivity index (χ4n) is 1.94. The lowest BCUT2D eigenvalue weighted by molar-refractivity contribution is -0.384. The fraction of sp³-hybridized carbons (Fsp3) is 0.333. The SMILES string of the molecule is CCCn1c(CCl)nnc1-c1ccc(F)cc1[N+](=O)[O-].